The summed E-state index contributed by atoms with van der Waals surface area (Å²) < 4.78 is 7.60. The molecule has 7 nitrogen and oxygen atoms in total. The lowest BCUT2D eigenvalue weighted by molar-refractivity contribution is -0.119. The molecule has 3 aromatic carbocycles. The topological polar surface area (TPSA) is 89.6 Å². The summed E-state index contributed by atoms with van der Waals surface area (Å²) in [4.78, 5) is 30.1. The smallest absolute Gasteiger partial charge is 0.261 e. The number of nitrogens with one attached hydrogen (secondary N) is 1. The van der Waals surface area contributed by atoms with Gasteiger partial charge < -0.3 is 20.4 Å². The first-order chi connectivity index (χ1) is 18.2. The first kappa shape index (κ1) is 24.4. The first-order valence-corrected chi connectivity index (χ1v) is 12.9. The highest BCUT2D eigenvalue weighted by Crippen LogP contribution is 2.56. The maximum Gasteiger partial charge on any atom is 0.261 e. The van der Waals surface area contributed by atoms with Crippen LogP contribution in [0.4, 0.5) is 17.1 Å². The van der Waals surface area contributed by atoms with Crippen molar-refractivity contribution in [2.75, 3.05) is 23.1 Å². The zero-order valence-electron chi connectivity index (χ0n) is 20.9. The van der Waals surface area contributed by atoms with E-state index in [1.54, 1.807) is 49.7 Å². The number of carbonyl (C=O) groups is 2. The molecule has 1 spiro atoms. The quantitative estimate of drug-likeness (QED) is 0.291. The van der Waals surface area contributed by atoms with Crippen molar-refractivity contribution in [3.05, 3.63) is 99.3 Å². The number of aromatic nitrogens is 1. The molecule has 2 aliphatic rings. The molecule has 9 heteroatoms. The van der Waals surface area contributed by atoms with Crippen molar-refractivity contribution in [1.29, 1.82) is 0 Å². The van der Waals surface area contributed by atoms with Crippen LogP contribution in [0.1, 0.15) is 46.9 Å². The van der Waals surface area contributed by atoms with Crippen molar-refractivity contribution in [2.45, 2.75) is 25.3 Å². The average Bonchev–Trinajstić information content (AvgIpc) is 3.49. The van der Waals surface area contributed by atoms with Gasteiger partial charge in [-0.2, -0.15) is 0 Å². The minimum Gasteiger partial charge on any atom is -0.495 e. The number of hydrogen-bond donors (Lipinski definition) is 2. The highest BCUT2D eigenvalue weighted by Gasteiger charge is 2.63. The largest absolute Gasteiger partial charge is 0.495 e. The van der Waals surface area contributed by atoms with E-state index in [-0.39, 0.29) is 17.7 Å². The summed E-state index contributed by atoms with van der Waals surface area (Å²) in [5, 5.41) is 3.84. The Morgan fingerprint density at radius 3 is 2.42 bits per heavy atom. The third-order valence-electron chi connectivity index (χ3n) is 7.25. The molecule has 0 aliphatic carbocycles. The summed E-state index contributed by atoms with van der Waals surface area (Å²) in [5.74, 6) is -0.166. The van der Waals surface area contributed by atoms with E-state index in [4.69, 9.17) is 33.7 Å². The fourth-order valence-corrected chi connectivity index (χ4v) is 6.12. The SMILES string of the molecule is COc1ccccc1-n1cc2c(c1C(C)C)C1(C(=O)Nc3cc(Cl)ccc31)N(c1cc(Cl)ccc1N)C2=O. The van der Waals surface area contributed by atoms with Crippen LogP contribution in [0.5, 0.6) is 5.75 Å². The van der Waals surface area contributed by atoms with Gasteiger partial charge in [0.15, 0.2) is 5.54 Å². The number of halogens is 2. The Morgan fingerprint density at radius 1 is 0.974 bits per heavy atom. The number of nitrogens with zero attached hydrogens (tertiary/aromatic N) is 2. The molecule has 0 radical (unpaired) electrons. The van der Waals surface area contributed by atoms with Crippen LogP contribution in [0.25, 0.3) is 5.69 Å². The van der Waals surface area contributed by atoms with Crippen LogP contribution in [0.3, 0.4) is 0 Å². The Labute approximate surface area is 229 Å². The number of fused-ring (bicyclic) bond motifs is 4. The number of para-hydroxylation sites is 2. The Hall–Kier alpha value is -3.94. The Kier molecular flexibility index (Phi) is 5.49. The van der Waals surface area contributed by atoms with Crippen LogP contribution in [-0.2, 0) is 10.3 Å². The van der Waals surface area contributed by atoms with Gasteiger partial charge in [-0.25, -0.2) is 0 Å². The zero-order valence-corrected chi connectivity index (χ0v) is 22.4. The second-order valence-corrected chi connectivity index (χ2v) is 10.6. The predicted octanol–water partition coefficient (Wildman–Crippen LogP) is 6.35. The van der Waals surface area contributed by atoms with Crippen molar-refractivity contribution < 1.29 is 14.3 Å². The molecule has 3 N–H and O–H groups in total. The van der Waals surface area contributed by atoms with Gasteiger partial charge in [0.1, 0.15) is 5.75 Å². The molecule has 6 rings (SSSR count). The highest BCUT2D eigenvalue weighted by atomic mass is 35.5. The standard InChI is InChI=1S/C29H24Cl2N4O3/c1-15(2)26-25-18(14-34(26)22-6-4-5-7-24(22)38-3)27(36)35(23-13-17(31)9-11-20(23)32)29(25)19-10-8-16(30)12-21(19)33-28(29)37/h4-15H,32H2,1-3H3,(H,33,37). The van der Waals surface area contributed by atoms with E-state index in [1.807, 2.05) is 42.7 Å². The van der Waals surface area contributed by atoms with Gasteiger partial charge in [0.25, 0.3) is 11.8 Å². The molecule has 3 heterocycles. The van der Waals surface area contributed by atoms with E-state index in [1.165, 1.54) is 4.90 Å². The van der Waals surface area contributed by atoms with Gasteiger partial charge in [0.05, 0.1) is 29.7 Å². The van der Waals surface area contributed by atoms with E-state index in [0.717, 1.165) is 11.4 Å². The van der Waals surface area contributed by atoms with E-state index >= 15 is 0 Å². The van der Waals surface area contributed by atoms with Gasteiger partial charge in [0, 0.05) is 38.8 Å². The molecule has 38 heavy (non-hydrogen) atoms. The number of nitrogen functional groups attached to an aromatic ring is 1. The van der Waals surface area contributed by atoms with Gasteiger partial charge in [-0.15, -0.1) is 0 Å². The van der Waals surface area contributed by atoms with Gasteiger partial charge in [-0.05, 0) is 48.4 Å². The number of ether oxygens (including phenoxy) is 1. The normalized spacial score (nSPS) is 17.8. The van der Waals surface area contributed by atoms with Crippen molar-refractivity contribution >= 4 is 52.1 Å². The maximum atomic E-state index is 14.4. The lowest BCUT2D eigenvalue weighted by Crippen LogP contribution is -2.51. The van der Waals surface area contributed by atoms with Crippen molar-refractivity contribution in [1.82, 2.24) is 4.57 Å². The van der Waals surface area contributed by atoms with E-state index in [0.29, 0.717) is 49.5 Å². The summed E-state index contributed by atoms with van der Waals surface area (Å²) >= 11 is 12.7. The third kappa shape index (κ3) is 3.15. The molecule has 1 atom stereocenters. The highest BCUT2D eigenvalue weighted by molar-refractivity contribution is 6.32. The fraction of sp³-hybridized carbons (Fsp3) is 0.172. The Balaban J connectivity index is 1.75. The minimum absolute atomic E-state index is 0.0749. The number of rotatable bonds is 4. The van der Waals surface area contributed by atoms with Crippen LogP contribution in [0.15, 0.2) is 66.9 Å². The summed E-state index contributed by atoms with van der Waals surface area (Å²) in [6.45, 7) is 4.07. The summed E-state index contributed by atoms with van der Waals surface area (Å²) in [6, 6.07) is 17.7. The maximum absolute atomic E-state index is 14.4. The molecule has 192 valence electrons. The number of amides is 2. The number of methoxy groups -OCH3 is 1. The summed E-state index contributed by atoms with van der Waals surface area (Å²) in [7, 11) is 1.60. The second kappa shape index (κ2) is 8.55. The number of hydrogen-bond acceptors (Lipinski definition) is 4. The molecule has 1 aromatic heterocycles. The van der Waals surface area contributed by atoms with Gasteiger partial charge in [-0.1, -0.05) is 55.2 Å². The lowest BCUT2D eigenvalue weighted by Gasteiger charge is -2.36. The third-order valence-corrected chi connectivity index (χ3v) is 7.72. The van der Waals surface area contributed by atoms with E-state index < -0.39 is 5.54 Å². The molecule has 4 aromatic rings. The molecule has 0 saturated carbocycles. The molecule has 2 amide bonds. The van der Waals surface area contributed by atoms with Crippen LogP contribution >= 0.6 is 23.2 Å². The molecule has 0 fully saturated rings. The minimum atomic E-state index is -1.53. The van der Waals surface area contributed by atoms with Crippen LogP contribution < -0.4 is 20.7 Å². The molecule has 2 aliphatic heterocycles. The zero-order chi connectivity index (χ0) is 26.9. The lowest BCUT2D eigenvalue weighted by atomic mass is 9.81. The summed E-state index contributed by atoms with van der Waals surface area (Å²) in [6.07, 6.45) is 1.79. The van der Waals surface area contributed by atoms with Crippen LogP contribution in [-0.4, -0.2) is 23.5 Å². The predicted molar refractivity (Wildman–Crippen MR) is 150 cm³/mol. The molecular formula is C29H24Cl2N4O3. The van der Waals surface area contributed by atoms with Crippen LogP contribution in [0, 0.1) is 0 Å². The Bertz CT molecular complexity index is 1660. The van der Waals surface area contributed by atoms with Gasteiger partial charge in [0.2, 0.25) is 0 Å². The van der Waals surface area contributed by atoms with Gasteiger partial charge >= 0.3 is 0 Å². The van der Waals surface area contributed by atoms with Crippen molar-refractivity contribution in [3.8, 4) is 11.4 Å². The second-order valence-electron chi connectivity index (χ2n) is 9.70. The van der Waals surface area contributed by atoms with E-state index in [9.17, 15) is 9.59 Å². The number of carbonyl (C=O) groups excluding carboxylic acids is 2. The number of benzene rings is 3. The average molecular weight is 547 g/mol. The molecule has 0 bridgehead atoms. The van der Waals surface area contributed by atoms with E-state index in [2.05, 4.69) is 5.32 Å². The van der Waals surface area contributed by atoms with Crippen molar-refractivity contribution in [2.24, 2.45) is 0 Å². The van der Waals surface area contributed by atoms with Crippen LogP contribution in [0.2, 0.25) is 10.0 Å². The monoisotopic (exact) mass is 546 g/mol. The fourth-order valence-electron chi connectivity index (χ4n) is 5.78. The number of nitrogens with two attached hydrogens (primary N) is 1. The molecule has 0 saturated heterocycles. The Morgan fingerprint density at radius 2 is 1.68 bits per heavy atom. The molecular weight excluding hydrogens is 523 g/mol. The van der Waals surface area contributed by atoms with Gasteiger partial charge in [-0.3, -0.25) is 14.5 Å². The number of anilines is 3. The van der Waals surface area contributed by atoms with Crippen molar-refractivity contribution in [3.63, 3.8) is 0 Å². The first-order valence-electron chi connectivity index (χ1n) is 12.1. The molecule has 1 unspecified atom stereocenters. The summed E-state index contributed by atoms with van der Waals surface area (Å²) in [5.41, 5.74) is 9.27.